The Hall–Kier alpha value is -3.58. The van der Waals surface area contributed by atoms with Crippen LogP contribution in [0.15, 0.2) is 48.5 Å². The number of alkyl halides is 3. The predicted octanol–water partition coefficient (Wildman–Crippen LogP) is 4.91. The predicted molar refractivity (Wildman–Crippen MR) is 138 cm³/mol. The molecule has 0 spiro atoms. The summed E-state index contributed by atoms with van der Waals surface area (Å²) < 4.78 is 67.7. The molecule has 1 aliphatic rings. The summed E-state index contributed by atoms with van der Waals surface area (Å²) >= 11 is 0.726. The first kappa shape index (κ1) is 28.4. The van der Waals surface area contributed by atoms with Gasteiger partial charge in [0.25, 0.3) is 11.8 Å². The van der Waals surface area contributed by atoms with Crippen LogP contribution in [-0.2, 0) is 17.5 Å². The number of nitrogens with one attached hydrogen (secondary N) is 2. The monoisotopic (exact) mass is 567 g/mol. The van der Waals surface area contributed by atoms with Crippen molar-refractivity contribution in [3.8, 4) is 0 Å². The van der Waals surface area contributed by atoms with Crippen LogP contribution in [0, 0.1) is 11.6 Å². The minimum Gasteiger partial charge on any atom is -0.369 e. The number of benzene rings is 2. The van der Waals surface area contributed by atoms with Crippen LogP contribution in [0.4, 0.5) is 32.8 Å². The molecule has 2 heterocycles. The molecule has 1 fully saturated rings. The van der Waals surface area contributed by atoms with Crippen molar-refractivity contribution in [2.24, 2.45) is 0 Å². The Balaban J connectivity index is 1.41. The SMILES string of the molecule is CC(C)(NC(=O)c1ccc(F)cc1)C(=O)Nc1nc(C(F)(F)F)c(CN2CCN(c3ccc(F)cc3)CC2)s1. The molecule has 1 aliphatic heterocycles. The highest BCUT2D eigenvalue weighted by Crippen LogP contribution is 2.37. The van der Waals surface area contributed by atoms with Crippen LogP contribution in [0.3, 0.4) is 0 Å². The lowest BCUT2D eigenvalue weighted by Crippen LogP contribution is -2.52. The van der Waals surface area contributed by atoms with Gasteiger partial charge in [-0.25, -0.2) is 13.8 Å². The number of nitrogens with zero attached hydrogens (tertiary/aromatic N) is 3. The van der Waals surface area contributed by atoms with Crippen LogP contribution in [0.1, 0.15) is 34.8 Å². The zero-order valence-electron chi connectivity index (χ0n) is 21.1. The van der Waals surface area contributed by atoms with Crippen molar-refractivity contribution in [2.45, 2.75) is 32.1 Å². The summed E-state index contributed by atoms with van der Waals surface area (Å²) in [5.41, 5.74) is -1.62. The Morgan fingerprint density at radius 2 is 1.49 bits per heavy atom. The van der Waals surface area contributed by atoms with Gasteiger partial charge in [0, 0.05) is 44.0 Å². The standard InChI is InChI=1S/C26H26F5N5O2S/c1-25(2,34-22(37)16-3-5-17(27)6-4-16)23(38)33-24-32-21(26(29,30)31)20(39-24)15-35-11-13-36(14-12-35)19-9-7-18(28)8-10-19/h3-10H,11-15H2,1-2H3,(H,34,37)(H,32,33,38). The molecule has 3 aromatic rings. The Labute approximate surface area is 225 Å². The molecule has 1 aromatic heterocycles. The van der Waals surface area contributed by atoms with E-state index >= 15 is 0 Å². The first-order chi connectivity index (χ1) is 18.3. The molecule has 0 aliphatic carbocycles. The lowest BCUT2D eigenvalue weighted by atomic mass is 10.0. The van der Waals surface area contributed by atoms with Gasteiger partial charge in [0.05, 0.1) is 4.88 Å². The first-order valence-corrected chi connectivity index (χ1v) is 12.8. The van der Waals surface area contributed by atoms with E-state index in [4.69, 9.17) is 0 Å². The third-order valence-corrected chi connectivity index (χ3v) is 7.17. The summed E-state index contributed by atoms with van der Waals surface area (Å²) in [5.74, 6) is -2.28. The molecular formula is C26H26F5N5O2S. The van der Waals surface area contributed by atoms with Crippen molar-refractivity contribution in [2.75, 3.05) is 36.4 Å². The van der Waals surface area contributed by atoms with Gasteiger partial charge in [-0.3, -0.25) is 19.8 Å². The van der Waals surface area contributed by atoms with E-state index in [2.05, 4.69) is 15.6 Å². The molecule has 0 saturated carbocycles. The number of halogens is 5. The number of rotatable bonds is 7. The number of anilines is 2. The van der Waals surface area contributed by atoms with Gasteiger partial charge >= 0.3 is 6.18 Å². The molecule has 0 unspecified atom stereocenters. The lowest BCUT2D eigenvalue weighted by molar-refractivity contribution is -0.141. The van der Waals surface area contributed by atoms with Crippen molar-refractivity contribution in [1.29, 1.82) is 0 Å². The van der Waals surface area contributed by atoms with E-state index in [-0.39, 0.29) is 27.9 Å². The van der Waals surface area contributed by atoms with Gasteiger partial charge < -0.3 is 10.2 Å². The number of carbonyl (C=O) groups is 2. The largest absolute Gasteiger partial charge is 0.434 e. The van der Waals surface area contributed by atoms with Crippen LogP contribution in [0.2, 0.25) is 0 Å². The summed E-state index contributed by atoms with van der Waals surface area (Å²) in [7, 11) is 0. The maximum absolute atomic E-state index is 13.8. The summed E-state index contributed by atoms with van der Waals surface area (Å²) in [5, 5.41) is 4.65. The molecule has 13 heteroatoms. The van der Waals surface area contributed by atoms with Crippen molar-refractivity contribution in [3.63, 3.8) is 0 Å². The summed E-state index contributed by atoms with van der Waals surface area (Å²) in [4.78, 5) is 32.8. The summed E-state index contributed by atoms with van der Waals surface area (Å²) in [6.07, 6.45) is -4.73. The van der Waals surface area contributed by atoms with Gasteiger partial charge in [-0.2, -0.15) is 13.2 Å². The minimum absolute atomic E-state index is 0.00959. The Bertz CT molecular complexity index is 1320. The second-order valence-corrected chi connectivity index (χ2v) is 10.7. The second-order valence-electron chi connectivity index (χ2n) is 9.57. The Morgan fingerprint density at radius 3 is 2.05 bits per heavy atom. The molecule has 0 radical (unpaired) electrons. The highest BCUT2D eigenvalue weighted by molar-refractivity contribution is 7.15. The van der Waals surface area contributed by atoms with Gasteiger partial charge in [0.15, 0.2) is 10.8 Å². The van der Waals surface area contributed by atoms with Crippen LogP contribution >= 0.6 is 11.3 Å². The molecule has 1 saturated heterocycles. The molecule has 0 atom stereocenters. The Morgan fingerprint density at radius 1 is 0.923 bits per heavy atom. The number of amides is 2. The first-order valence-electron chi connectivity index (χ1n) is 12.0. The molecular weight excluding hydrogens is 541 g/mol. The molecule has 4 rings (SSSR count). The number of hydrogen-bond acceptors (Lipinski definition) is 6. The van der Waals surface area contributed by atoms with E-state index in [9.17, 15) is 31.5 Å². The van der Waals surface area contributed by atoms with Gasteiger partial charge in [0.1, 0.15) is 17.2 Å². The number of piperazine rings is 1. The van der Waals surface area contributed by atoms with Gasteiger partial charge in [0.2, 0.25) is 0 Å². The zero-order valence-corrected chi connectivity index (χ0v) is 21.9. The van der Waals surface area contributed by atoms with Crippen molar-refractivity contribution in [1.82, 2.24) is 15.2 Å². The molecule has 39 heavy (non-hydrogen) atoms. The van der Waals surface area contributed by atoms with Crippen molar-refractivity contribution < 1.29 is 31.5 Å². The van der Waals surface area contributed by atoms with E-state index in [1.165, 1.54) is 38.1 Å². The average Bonchev–Trinajstić information content (AvgIpc) is 3.28. The van der Waals surface area contributed by atoms with Crippen molar-refractivity contribution in [3.05, 3.63) is 76.3 Å². The molecule has 7 nitrogen and oxygen atoms in total. The highest BCUT2D eigenvalue weighted by atomic mass is 32.1. The van der Waals surface area contributed by atoms with Crippen LogP contribution in [0.5, 0.6) is 0 Å². The smallest absolute Gasteiger partial charge is 0.369 e. The van der Waals surface area contributed by atoms with Gasteiger partial charge in [-0.1, -0.05) is 11.3 Å². The number of carbonyl (C=O) groups excluding carboxylic acids is 2. The summed E-state index contributed by atoms with van der Waals surface area (Å²) in [6, 6.07) is 10.7. The zero-order chi connectivity index (χ0) is 28.4. The molecule has 208 valence electrons. The molecule has 2 N–H and O–H groups in total. The molecule has 2 amide bonds. The van der Waals surface area contributed by atoms with Crippen LogP contribution in [-0.4, -0.2) is 53.4 Å². The van der Waals surface area contributed by atoms with E-state index in [1.54, 1.807) is 12.1 Å². The Kier molecular flexibility index (Phi) is 8.21. The topological polar surface area (TPSA) is 77.6 Å². The normalized spacial score (nSPS) is 14.8. The molecule has 2 aromatic carbocycles. The second kappa shape index (κ2) is 11.3. The van der Waals surface area contributed by atoms with Crippen LogP contribution < -0.4 is 15.5 Å². The van der Waals surface area contributed by atoms with E-state index in [0.29, 0.717) is 26.2 Å². The fraction of sp³-hybridized carbons (Fsp3) is 0.346. The van der Waals surface area contributed by atoms with Crippen molar-refractivity contribution >= 4 is 34.0 Å². The fourth-order valence-corrected chi connectivity index (χ4v) is 5.04. The minimum atomic E-state index is -4.73. The quantitative estimate of drug-likeness (QED) is 0.397. The highest BCUT2D eigenvalue weighted by Gasteiger charge is 2.39. The number of thiazole rings is 1. The maximum Gasteiger partial charge on any atom is 0.434 e. The fourth-order valence-electron chi connectivity index (χ4n) is 4.02. The number of hydrogen-bond donors (Lipinski definition) is 2. The van der Waals surface area contributed by atoms with E-state index in [1.807, 2.05) is 9.80 Å². The van der Waals surface area contributed by atoms with E-state index in [0.717, 1.165) is 29.2 Å². The summed E-state index contributed by atoms with van der Waals surface area (Å²) in [6.45, 7) is 4.85. The van der Waals surface area contributed by atoms with Gasteiger partial charge in [-0.15, -0.1) is 0 Å². The maximum atomic E-state index is 13.8. The third-order valence-electron chi connectivity index (χ3n) is 6.22. The van der Waals surface area contributed by atoms with Gasteiger partial charge in [-0.05, 0) is 62.4 Å². The third kappa shape index (κ3) is 7.09. The van der Waals surface area contributed by atoms with E-state index < -0.39 is 35.0 Å². The number of aromatic nitrogens is 1. The average molecular weight is 568 g/mol. The van der Waals surface area contributed by atoms with Crippen LogP contribution in [0.25, 0.3) is 0 Å². The lowest BCUT2D eigenvalue weighted by Gasteiger charge is -2.36. The molecule has 0 bridgehead atoms.